The number of hydrogen-bond acceptors (Lipinski definition) is 1. The SMILES string of the molecule is C[C@@H]([C@H](O)c1ccccc1)[NH+](C)C.[Cl-]. The fourth-order valence-corrected chi connectivity index (χ4v) is 1.25. The quantitative estimate of drug-likeness (QED) is 0.562. The summed E-state index contributed by atoms with van der Waals surface area (Å²) in [5, 5.41) is 9.94. The van der Waals surface area contributed by atoms with Crippen molar-refractivity contribution in [2.24, 2.45) is 0 Å². The Hall–Kier alpha value is -0.570. The van der Waals surface area contributed by atoms with Gasteiger partial charge in [-0.25, -0.2) is 0 Å². The molecule has 0 radical (unpaired) electrons. The molecule has 0 heterocycles. The van der Waals surface area contributed by atoms with Crippen molar-refractivity contribution < 1.29 is 22.4 Å². The second-order valence-corrected chi connectivity index (χ2v) is 3.72. The Morgan fingerprint density at radius 1 is 1.14 bits per heavy atom. The van der Waals surface area contributed by atoms with Crippen LogP contribution in [0.25, 0.3) is 0 Å². The van der Waals surface area contributed by atoms with E-state index in [1.165, 1.54) is 4.90 Å². The summed E-state index contributed by atoms with van der Waals surface area (Å²) >= 11 is 0. The molecule has 0 saturated carbocycles. The highest BCUT2D eigenvalue weighted by molar-refractivity contribution is 5.17. The third-order valence-corrected chi connectivity index (χ3v) is 2.53. The van der Waals surface area contributed by atoms with Crippen molar-refractivity contribution in [1.29, 1.82) is 0 Å². The minimum Gasteiger partial charge on any atom is -1.00 e. The van der Waals surface area contributed by atoms with E-state index in [0.717, 1.165) is 5.56 Å². The molecule has 2 nitrogen and oxygen atoms in total. The first kappa shape index (κ1) is 13.4. The number of nitrogens with one attached hydrogen (secondary N) is 1. The first-order chi connectivity index (χ1) is 6.13. The Labute approximate surface area is 92.0 Å². The highest BCUT2D eigenvalue weighted by Crippen LogP contribution is 2.13. The maximum Gasteiger partial charge on any atom is 0.130 e. The minimum absolute atomic E-state index is 0. The summed E-state index contributed by atoms with van der Waals surface area (Å²) < 4.78 is 0. The molecule has 0 bridgehead atoms. The lowest BCUT2D eigenvalue weighted by Gasteiger charge is -2.22. The topological polar surface area (TPSA) is 24.7 Å². The van der Waals surface area contributed by atoms with Crippen LogP contribution < -0.4 is 17.3 Å². The first-order valence-electron chi connectivity index (χ1n) is 4.66. The summed E-state index contributed by atoms with van der Waals surface area (Å²) in [5.74, 6) is 0. The van der Waals surface area contributed by atoms with Crippen LogP contribution in [0, 0.1) is 0 Å². The highest BCUT2D eigenvalue weighted by atomic mass is 35.5. The fourth-order valence-electron chi connectivity index (χ4n) is 1.25. The molecule has 14 heavy (non-hydrogen) atoms. The number of benzene rings is 1. The van der Waals surface area contributed by atoms with E-state index in [1.54, 1.807) is 0 Å². The average Bonchev–Trinajstić information content (AvgIpc) is 2.17. The van der Waals surface area contributed by atoms with Gasteiger partial charge in [-0.1, -0.05) is 30.3 Å². The molecule has 80 valence electrons. The van der Waals surface area contributed by atoms with Crippen molar-refractivity contribution in [1.82, 2.24) is 0 Å². The molecule has 2 atom stereocenters. The van der Waals surface area contributed by atoms with Crippen molar-refractivity contribution in [2.45, 2.75) is 19.1 Å². The average molecular weight is 216 g/mol. The standard InChI is InChI=1S/C11H17NO.ClH/c1-9(12(2)3)11(13)10-7-5-4-6-8-10;/h4-9,11,13H,1-3H3;1H/t9-,11-;/m0./s1. The lowest BCUT2D eigenvalue weighted by molar-refractivity contribution is -0.888. The van der Waals surface area contributed by atoms with Crippen LogP contribution in [0.1, 0.15) is 18.6 Å². The van der Waals surface area contributed by atoms with Gasteiger partial charge in [-0.3, -0.25) is 0 Å². The van der Waals surface area contributed by atoms with E-state index in [0.29, 0.717) is 0 Å². The van der Waals surface area contributed by atoms with Gasteiger partial charge >= 0.3 is 0 Å². The Kier molecular flexibility index (Phi) is 5.77. The molecule has 2 N–H and O–H groups in total. The van der Waals surface area contributed by atoms with Crippen molar-refractivity contribution in [2.75, 3.05) is 14.1 Å². The second-order valence-electron chi connectivity index (χ2n) is 3.72. The van der Waals surface area contributed by atoms with Gasteiger partial charge in [0.25, 0.3) is 0 Å². The van der Waals surface area contributed by atoms with Crippen LogP contribution >= 0.6 is 0 Å². The second kappa shape index (κ2) is 6.02. The van der Waals surface area contributed by atoms with Gasteiger partial charge < -0.3 is 22.4 Å². The summed E-state index contributed by atoms with van der Waals surface area (Å²) in [5.41, 5.74) is 0.996. The van der Waals surface area contributed by atoms with Crippen molar-refractivity contribution in [3.8, 4) is 0 Å². The van der Waals surface area contributed by atoms with Gasteiger partial charge in [0.2, 0.25) is 0 Å². The Balaban J connectivity index is 0.00000169. The molecule has 0 unspecified atom stereocenters. The van der Waals surface area contributed by atoms with Crippen molar-refractivity contribution >= 4 is 0 Å². The van der Waals surface area contributed by atoms with E-state index in [-0.39, 0.29) is 24.6 Å². The normalized spacial score (nSPS) is 14.6. The van der Waals surface area contributed by atoms with Gasteiger partial charge in [-0.15, -0.1) is 0 Å². The molecule has 1 rings (SSSR count). The van der Waals surface area contributed by atoms with E-state index >= 15 is 0 Å². The van der Waals surface area contributed by atoms with Gasteiger partial charge in [0.15, 0.2) is 0 Å². The maximum atomic E-state index is 9.94. The van der Waals surface area contributed by atoms with Crippen LogP contribution in [0.3, 0.4) is 0 Å². The number of rotatable bonds is 3. The molecule has 0 aliphatic rings. The third kappa shape index (κ3) is 3.29. The smallest absolute Gasteiger partial charge is 0.130 e. The number of halogens is 1. The number of quaternary nitrogens is 1. The van der Waals surface area contributed by atoms with Gasteiger partial charge in [0.1, 0.15) is 12.1 Å². The number of aliphatic hydroxyl groups is 1. The summed E-state index contributed by atoms with van der Waals surface area (Å²) in [6.45, 7) is 2.05. The van der Waals surface area contributed by atoms with Crippen LogP contribution in [0.15, 0.2) is 30.3 Å². The zero-order chi connectivity index (χ0) is 9.84. The molecule has 0 aromatic heterocycles. The lowest BCUT2D eigenvalue weighted by atomic mass is 10.0. The summed E-state index contributed by atoms with van der Waals surface area (Å²) in [6, 6.07) is 10.0. The van der Waals surface area contributed by atoms with Gasteiger partial charge in [-0.05, 0) is 12.5 Å². The number of hydrogen-bond donors (Lipinski definition) is 2. The lowest BCUT2D eigenvalue weighted by Crippen LogP contribution is -3.10. The third-order valence-electron chi connectivity index (χ3n) is 2.53. The molecular weight excluding hydrogens is 198 g/mol. The zero-order valence-electron chi connectivity index (χ0n) is 8.87. The molecule has 0 saturated heterocycles. The van der Waals surface area contributed by atoms with E-state index in [1.807, 2.05) is 37.3 Å². The first-order valence-corrected chi connectivity index (χ1v) is 4.66. The summed E-state index contributed by atoms with van der Waals surface area (Å²) in [7, 11) is 4.10. The monoisotopic (exact) mass is 215 g/mol. The van der Waals surface area contributed by atoms with Gasteiger partial charge in [0.05, 0.1) is 14.1 Å². The predicted molar refractivity (Wildman–Crippen MR) is 53.7 cm³/mol. The minimum atomic E-state index is -0.369. The molecular formula is C11H18ClNO. The van der Waals surface area contributed by atoms with Crippen LogP contribution in [-0.4, -0.2) is 25.2 Å². The number of aliphatic hydroxyl groups excluding tert-OH is 1. The zero-order valence-corrected chi connectivity index (χ0v) is 9.62. The van der Waals surface area contributed by atoms with Crippen molar-refractivity contribution in [3.63, 3.8) is 0 Å². The fraction of sp³-hybridized carbons (Fsp3) is 0.455. The molecule has 3 heteroatoms. The largest absolute Gasteiger partial charge is 1.00 e. The molecule has 0 aliphatic carbocycles. The molecule has 0 spiro atoms. The van der Waals surface area contributed by atoms with Gasteiger partial charge in [-0.2, -0.15) is 0 Å². The molecule has 1 aromatic carbocycles. The number of likely N-dealkylation sites (N-methyl/N-ethyl adjacent to an activating group) is 1. The van der Waals surface area contributed by atoms with E-state index in [9.17, 15) is 5.11 Å². The van der Waals surface area contributed by atoms with Crippen LogP contribution in [0.5, 0.6) is 0 Å². The Bertz CT molecular complexity index is 251. The molecule has 0 fully saturated rings. The summed E-state index contributed by atoms with van der Waals surface area (Å²) in [6.07, 6.45) is -0.369. The van der Waals surface area contributed by atoms with Crippen molar-refractivity contribution in [3.05, 3.63) is 35.9 Å². The predicted octanol–water partition coefficient (Wildman–Crippen LogP) is -2.74. The Morgan fingerprint density at radius 3 is 2.07 bits per heavy atom. The van der Waals surface area contributed by atoms with E-state index in [4.69, 9.17) is 0 Å². The van der Waals surface area contributed by atoms with E-state index < -0.39 is 0 Å². The van der Waals surface area contributed by atoms with Gasteiger partial charge in [0, 0.05) is 0 Å². The van der Waals surface area contributed by atoms with Crippen LogP contribution in [0.4, 0.5) is 0 Å². The van der Waals surface area contributed by atoms with E-state index in [2.05, 4.69) is 14.1 Å². The van der Waals surface area contributed by atoms with Crippen LogP contribution in [-0.2, 0) is 0 Å². The maximum absolute atomic E-state index is 9.94. The Morgan fingerprint density at radius 2 is 1.64 bits per heavy atom. The molecule has 0 aliphatic heterocycles. The molecule has 0 amide bonds. The molecule has 1 aromatic rings. The van der Waals surface area contributed by atoms with Crippen LogP contribution in [0.2, 0.25) is 0 Å². The highest BCUT2D eigenvalue weighted by Gasteiger charge is 2.20. The summed E-state index contributed by atoms with van der Waals surface area (Å²) in [4.78, 5) is 1.26.